The van der Waals surface area contributed by atoms with E-state index in [1.807, 2.05) is 7.05 Å². The third kappa shape index (κ3) is 3.68. The molecule has 0 aliphatic rings. The van der Waals surface area contributed by atoms with Gasteiger partial charge in [0.15, 0.2) is 11.6 Å². The molecule has 0 heterocycles. The highest BCUT2D eigenvalue weighted by atomic mass is 35.5. The van der Waals surface area contributed by atoms with Crippen molar-refractivity contribution in [3.05, 3.63) is 62.9 Å². The second kappa shape index (κ2) is 6.51. The van der Waals surface area contributed by atoms with Gasteiger partial charge in [0.2, 0.25) is 0 Å². The minimum absolute atomic E-state index is 0.121. The minimum atomic E-state index is -0.820. The van der Waals surface area contributed by atoms with Crippen molar-refractivity contribution in [2.75, 3.05) is 7.05 Å². The number of nitrogens with zero attached hydrogens (tertiary/aromatic N) is 1. The number of non-ortho nitro benzene ring substituents is 1. The maximum atomic E-state index is 13.7. The van der Waals surface area contributed by atoms with Gasteiger partial charge in [0.25, 0.3) is 5.69 Å². The molecule has 110 valence electrons. The van der Waals surface area contributed by atoms with Crippen molar-refractivity contribution in [1.29, 1.82) is 0 Å². The van der Waals surface area contributed by atoms with Gasteiger partial charge in [-0.25, -0.2) is 4.39 Å². The van der Waals surface area contributed by atoms with Crippen LogP contribution in [0.3, 0.4) is 0 Å². The fourth-order valence-electron chi connectivity index (χ4n) is 1.75. The summed E-state index contributed by atoms with van der Waals surface area (Å²) in [4.78, 5) is 9.87. The van der Waals surface area contributed by atoms with Crippen molar-refractivity contribution in [2.24, 2.45) is 0 Å². The van der Waals surface area contributed by atoms with Gasteiger partial charge in [-0.3, -0.25) is 10.1 Å². The van der Waals surface area contributed by atoms with Crippen LogP contribution in [0.4, 0.5) is 10.1 Å². The Bertz CT molecular complexity index is 679. The van der Waals surface area contributed by atoms with Crippen molar-refractivity contribution in [2.45, 2.75) is 6.54 Å². The zero-order chi connectivity index (χ0) is 15.4. The van der Waals surface area contributed by atoms with E-state index in [0.717, 1.165) is 11.6 Å². The lowest BCUT2D eigenvalue weighted by atomic mass is 10.2. The van der Waals surface area contributed by atoms with Crippen molar-refractivity contribution in [1.82, 2.24) is 5.32 Å². The number of hydrogen-bond acceptors (Lipinski definition) is 4. The van der Waals surface area contributed by atoms with Crippen LogP contribution in [-0.2, 0) is 6.54 Å². The number of benzene rings is 2. The predicted octanol–water partition coefficient (Wildman–Crippen LogP) is 3.90. The van der Waals surface area contributed by atoms with Gasteiger partial charge >= 0.3 is 0 Å². The lowest BCUT2D eigenvalue weighted by Gasteiger charge is -2.09. The summed E-state index contributed by atoms with van der Waals surface area (Å²) in [6.45, 7) is 0.645. The summed E-state index contributed by atoms with van der Waals surface area (Å²) in [5.41, 5.74) is 0.620. The van der Waals surface area contributed by atoms with E-state index in [0.29, 0.717) is 11.6 Å². The largest absolute Gasteiger partial charge is 0.453 e. The molecule has 0 amide bonds. The summed E-state index contributed by atoms with van der Waals surface area (Å²) in [5.74, 6) is -0.660. The fourth-order valence-corrected chi connectivity index (χ4v) is 1.99. The number of nitrogens with one attached hydrogen (secondary N) is 1. The molecule has 0 fully saturated rings. The Balaban J connectivity index is 2.24. The first-order valence-electron chi connectivity index (χ1n) is 6.06. The summed E-state index contributed by atoms with van der Waals surface area (Å²) in [7, 11) is 1.81. The zero-order valence-electron chi connectivity index (χ0n) is 11.1. The van der Waals surface area contributed by atoms with Crippen molar-refractivity contribution >= 4 is 17.3 Å². The molecule has 0 aliphatic heterocycles. The topological polar surface area (TPSA) is 64.4 Å². The van der Waals surface area contributed by atoms with Gasteiger partial charge < -0.3 is 10.1 Å². The molecule has 21 heavy (non-hydrogen) atoms. The first kappa shape index (κ1) is 15.2. The van der Waals surface area contributed by atoms with E-state index in [2.05, 4.69) is 5.32 Å². The molecule has 2 aromatic carbocycles. The molecule has 0 saturated heterocycles. The minimum Gasteiger partial charge on any atom is -0.453 e. The quantitative estimate of drug-likeness (QED) is 0.672. The fraction of sp³-hybridized carbons (Fsp3) is 0.143. The highest BCUT2D eigenvalue weighted by Gasteiger charge is 2.13. The van der Waals surface area contributed by atoms with Gasteiger partial charge in [0.05, 0.1) is 16.0 Å². The van der Waals surface area contributed by atoms with E-state index in [9.17, 15) is 14.5 Å². The van der Waals surface area contributed by atoms with Crippen LogP contribution in [0.15, 0.2) is 36.4 Å². The van der Waals surface area contributed by atoms with Gasteiger partial charge in [-0.1, -0.05) is 17.7 Å². The standard InChI is InChI=1S/C14H12ClFN2O3/c1-17-8-9-2-4-13(11(15)6-9)21-14-5-3-10(18(19)20)7-12(14)16/h2-7,17H,8H2,1H3. The molecule has 0 atom stereocenters. The molecular weight excluding hydrogens is 299 g/mol. The van der Waals surface area contributed by atoms with E-state index < -0.39 is 10.7 Å². The lowest BCUT2D eigenvalue weighted by Crippen LogP contribution is -2.04. The third-order valence-corrected chi connectivity index (χ3v) is 3.02. The van der Waals surface area contributed by atoms with Crippen molar-refractivity contribution in [3.8, 4) is 11.5 Å². The predicted molar refractivity (Wildman–Crippen MR) is 77.3 cm³/mol. The van der Waals surface area contributed by atoms with Crippen LogP contribution >= 0.6 is 11.6 Å². The lowest BCUT2D eigenvalue weighted by molar-refractivity contribution is -0.385. The maximum Gasteiger partial charge on any atom is 0.272 e. The Hall–Kier alpha value is -2.18. The number of nitro benzene ring substituents is 1. The van der Waals surface area contributed by atoms with Crippen LogP contribution in [0.1, 0.15) is 5.56 Å². The van der Waals surface area contributed by atoms with Gasteiger partial charge in [-0.2, -0.15) is 0 Å². The van der Waals surface area contributed by atoms with Gasteiger partial charge in [0.1, 0.15) is 5.75 Å². The first-order valence-corrected chi connectivity index (χ1v) is 6.44. The Kier molecular flexibility index (Phi) is 4.72. The molecule has 5 nitrogen and oxygen atoms in total. The second-order valence-electron chi connectivity index (χ2n) is 4.27. The number of rotatable bonds is 5. The number of nitro groups is 1. The summed E-state index contributed by atoms with van der Waals surface area (Å²) in [6.07, 6.45) is 0. The average Bonchev–Trinajstić information content (AvgIpc) is 2.43. The normalized spacial score (nSPS) is 10.4. The molecule has 2 aromatic rings. The molecule has 0 unspecified atom stereocenters. The smallest absolute Gasteiger partial charge is 0.272 e. The summed E-state index contributed by atoms with van der Waals surface area (Å²) in [5, 5.41) is 13.9. The molecular formula is C14H12ClFN2O3. The van der Waals surface area contributed by atoms with E-state index in [-0.39, 0.29) is 17.2 Å². The van der Waals surface area contributed by atoms with E-state index in [1.54, 1.807) is 18.2 Å². The first-order chi connectivity index (χ1) is 10.0. The van der Waals surface area contributed by atoms with E-state index in [1.165, 1.54) is 12.1 Å². The molecule has 0 saturated carbocycles. The summed E-state index contributed by atoms with van der Waals surface area (Å²) >= 11 is 6.07. The Labute approximate surface area is 125 Å². The maximum absolute atomic E-state index is 13.7. The van der Waals surface area contributed by atoms with Gasteiger partial charge in [-0.15, -0.1) is 0 Å². The van der Waals surface area contributed by atoms with E-state index >= 15 is 0 Å². The van der Waals surface area contributed by atoms with Gasteiger partial charge in [0, 0.05) is 12.6 Å². The molecule has 0 bridgehead atoms. The van der Waals surface area contributed by atoms with Crippen molar-refractivity contribution < 1.29 is 14.1 Å². The van der Waals surface area contributed by atoms with Crippen molar-refractivity contribution in [3.63, 3.8) is 0 Å². The summed E-state index contributed by atoms with van der Waals surface area (Å²) < 4.78 is 19.1. The van der Waals surface area contributed by atoms with Gasteiger partial charge in [-0.05, 0) is 30.8 Å². The third-order valence-electron chi connectivity index (χ3n) is 2.72. The summed E-state index contributed by atoms with van der Waals surface area (Å²) in [6, 6.07) is 8.29. The van der Waals surface area contributed by atoms with Crippen LogP contribution < -0.4 is 10.1 Å². The van der Waals surface area contributed by atoms with Crippen LogP contribution in [0, 0.1) is 15.9 Å². The SMILES string of the molecule is CNCc1ccc(Oc2ccc([N+](=O)[O-])cc2F)c(Cl)c1. The highest BCUT2D eigenvalue weighted by Crippen LogP contribution is 2.32. The van der Waals surface area contributed by atoms with Crippen LogP contribution in [0.5, 0.6) is 11.5 Å². The Morgan fingerprint density at radius 1 is 1.29 bits per heavy atom. The number of hydrogen-bond donors (Lipinski definition) is 1. The van der Waals surface area contributed by atoms with Crippen LogP contribution in [0.25, 0.3) is 0 Å². The monoisotopic (exact) mass is 310 g/mol. The molecule has 0 aromatic heterocycles. The number of halogens is 2. The second-order valence-corrected chi connectivity index (χ2v) is 4.68. The van der Waals surface area contributed by atoms with Crippen LogP contribution in [0.2, 0.25) is 5.02 Å². The Morgan fingerprint density at radius 2 is 2.00 bits per heavy atom. The molecule has 7 heteroatoms. The molecule has 0 radical (unpaired) electrons. The molecule has 1 N–H and O–H groups in total. The number of ether oxygens (including phenoxy) is 1. The average molecular weight is 311 g/mol. The van der Waals surface area contributed by atoms with E-state index in [4.69, 9.17) is 16.3 Å². The zero-order valence-corrected chi connectivity index (χ0v) is 11.9. The Morgan fingerprint density at radius 3 is 2.57 bits per heavy atom. The molecule has 0 aliphatic carbocycles. The van der Waals surface area contributed by atoms with Crippen LogP contribution in [-0.4, -0.2) is 12.0 Å². The molecule has 2 rings (SSSR count). The molecule has 0 spiro atoms. The highest BCUT2D eigenvalue weighted by molar-refractivity contribution is 6.32.